The lowest BCUT2D eigenvalue weighted by molar-refractivity contribution is 0.146. The molecule has 1 aliphatic carbocycles. The van der Waals surface area contributed by atoms with Crippen molar-refractivity contribution < 1.29 is 0 Å². The zero-order valence-electron chi connectivity index (χ0n) is 15.1. The second-order valence-corrected chi connectivity index (χ2v) is 9.12. The van der Waals surface area contributed by atoms with E-state index in [1.165, 1.54) is 32.2 Å². The third-order valence-electron chi connectivity index (χ3n) is 4.85. The molecule has 0 bridgehead atoms. The smallest absolute Gasteiger partial charge is 0.00387 e. The first-order valence-corrected chi connectivity index (χ1v) is 8.45. The molecule has 0 atom stereocenters. The Kier molecular flexibility index (Phi) is 6.53. The maximum atomic E-state index is 3.73. The first-order chi connectivity index (χ1) is 9.10. The van der Waals surface area contributed by atoms with E-state index >= 15 is 0 Å². The molecule has 0 radical (unpaired) electrons. The average Bonchev–Trinajstić information content (AvgIpc) is 2.26. The van der Waals surface area contributed by atoms with Gasteiger partial charge in [-0.05, 0) is 69.0 Å². The molecule has 1 aliphatic rings. The molecule has 20 heavy (non-hydrogen) atoms. The Hall–Kier alpha value is -0.0800. The van der Waals surface area contributed by atoms with E-state index in [2.05, 4.69) is 58.9 Å². The average molecular weight is 283 g/mol. The van der Waals surface area contributed by atoms with E-state index in [0.717, 1.165) is 24.9 Å². The van der Waals surface area contributed by atoms with Crippen molar-refractivity contribution in [1.29, 1.82) is 0 Å². The summed E-state index contributed by atoms with van der Waals surface area (Å²) in [7, 11) is 4.32. The van der Waals surface area contributed by atoms with E-state index < -0.39 is 0 Å². The summed E-state index contributed by atoms with van der Waals surface area (Å²) in [4.78, 5) is 2.29. The van der Waals surface area contributed by atoms with Gasteiger partial charge in [-0.3, -0.25) is 0 Å². The van der Waals surface area contributed by atoms with Crippen LogP contribution in [0.4, 0.5) is 0 Å². The lowest BCUT2D eigenvalue weighted by atomic mass is 9.70. The molecular weight excluding hydrogens is 244 g/mol. The van der Waals surface area contributed by atoms with Gasteiger partial charge in [-0.25, -0.2) is 0 Å². The highest BCUT2D eigenvalue weighted by atomic mass is 15.1. The van der Waals surface area contributed by atoms with Gasteiger partial charge in [0.1, 0.15) is 0 Å². The van der Waals surface area contributed by atoms with E-state index in [-0.39, 0.29) is 0 Å². The van der Waals surface area contributed by atoms with Gasteiger partial charge in [0.15, 0.2) is 0 Å². The molecule has 0 aromatic rings. The highest BCUT2D eigenvalue weighted by molar-refractivity contribution is 4.82. The Morgan fingerprint density at radius 3 is 1.95 bits per heavy atom. The molecular formula is C18H38N2. The number of hydrogen-bond acceptors (Lipinski definition) is 2. The molecule has 0 spiro atoms. The lowest BCUT2D eigenvalue weighted by Crippen LogP contribution is -2.39. The molecule has 1 N–H and O–H groups in total. The van der Waals surface area contributed by atoms with Crippen LogP contribution in [0.25, 0.3) is 0 Å². The standard InChI is InChI=1S/C18H38N2/c1-17(2,3)16-10-8-15(9-11-16)12-19-13-18(4,5)14-20(6)7/h15-16,19H,8-14H2,1-7H3. The van der Waals surface area contributed by atoms with Crippen LogP contribution in [0.2, 0.25) is 0 Å². The minimum absolute atomic E-state index is 0.367. The number of nitrogens with one attached hydrogen (secondary N) is 1. The van der Waals surface area contributed by atoms with Crippen LogP contribution in [0, 0.1) is 22.7 Å². The summed E-state index contributed by atoms with van der Waals surface area (Å²) in [6, 6.07) is 0. The van der Waals surface area contributed by atoms with Crippen molar-refractivity contribution in [2.45, 2.75) is 60.3 Å². The minimum atomic E-state index is 0.367. The van der Waals surface area contributed by atoms with Crippen LogP contribution < -0.4 is 5.32 Å². The van der Waals surface area contributed by atoms with Crippen molar-refractivity contribution in [2.24, 2.45) is 22.7 Å². The molecule has 0 aliphatic heterocycles. The van der Waals surface area contributed by atoms with Crippen LogP contribution in [0.15, 0.2) is 0 Å². The lowest BCUT2D eigenvalue weighted by Gasteiger charge is -2.37. The summed E-state index contributed by atoms with van der Waals surface area (Å²) >= 11 is 0. The van der Waals surface area contributed by atoms with Gasteiger partial charge >= 0.3 is 0 Å². The van der Waals surface area contributed by atoms with Gasteiger partial charge < -0.3 is 10.2 Å². The fourth-order valence-electron chi connectivity index (χ4n) is 3.76. The predicted molar refractivity (Wildman–Crippen MR) is 90.1 cm³/mol. The third kappa shape index (κ3) is 6.58. The van der Waals surface area contributed by atoms with Crippen molar-refractivity contribution >= 4 is 0 Å². The molecule has 0 aromatic carbocycles. The van der Waals surface area contributed by atoms with Gasteiger partial charge in [0.05, 0.1) is 0 Å². The van der Waals surface area contributed by atoms with Crippen LogP contribution in [-0.2, 0) is 0 Å². The summed E-state index contributed by atoms with van der Waals surface area (Å²) in [5.41, 5.74) is 0.873. The van der Waals surface area contributed by atoms with E-state index in [0.29, 0.717) is 10.8 Å². The Labute approximate surface area is 127 Å². The molecule has 1 fully saturated rings. The van der Waals surface area contributed by atoms with E-state index in [9.17, 15) is 0 Å². The summed E-state index contributed by atoms with van der Waals surface area (Å²) < 4.78 is 0. The highest BCUT2D eigenvalue weighted by Crippen LogP contribution is 2.39. The van der Waals surface area contributed by atoms with Crippen molar-refractivity contribution in [3.05, 3.63) is 0 Å². The topological polar surface area (TPSA) is 15.3 Å². The fourth-order valence-corrected chi connectivity index (χ4v) is 3.76. The van der Waals surface area contributed by atoms with Crippen LogP contribution in [0.5, 0.6) is 0 Å². The van der Waals surface area contributed by atoms with Crippen molar-refractivity contribution in [2.75, 3.05) is 33.7 Å². The van der Waals surface area contributed by atoms with Gasteiger partial charge in [0.25, 0.3) is 0 Å². The van der Waals surface area contributed by atoms with Crippen LogP contribution in [0.3, 0.4) is 0 Å². The van der Waals surface area contributed by atoms with E-state index in [4.69, 9.17) is 0 Å². The van der Waals surface area contributed by atoms with E-state index in [1.54, 1.807) is 0 Å². The predicted octanol–water partition coefficient (Wildman–Crippen LogP) is 4.02. The summed E-state index contributed by atoms with van der Waals surface area (Å²) in [6.07, 6.45) is 5.69. The van der Waals surface area contributed by atoms with Crippen molar-refractivity contribution in [3.63, 3.8) is 0 Å². The minimum Gasteiger partial charge on any atom is -0.316 e. The van der Waals surface area contributed by atoms with Crippen LogP contribution >= 0.6 is 0 Å². The van der Waals surface area contributed by atoms with E-state index in [1.807, 2.05) is 0 Å². The van der Waals surface area contributed by atoms with Gasteiger partial charge in [-0.2, -0.15) is 0 Å². The maximum Gasteiger partial charge on any atom is 0.00387 e. The molecule has 0 saturated heterocycles. The summed E-state index contributed by atoms with van der Waals surface area (Å²) in [5.74, 6) is 1.84. The summed E-state index contributed by atoms with van der Waals surface area (Å²) in [6.45, 7) is 15.4. The summed E-state index contributed by atoms with van der Waals surface area (Å²) in [5, 5.41) is 3.73. The van der Waals surface area contributed by atoms with Gasteiger partial charge in [-0.1, -0.05) is 34.6 Å². The number of nitrogens with zero attached hydrogens (tertiary/aromatic N) is 1. The number of hydrogen-bond donors (Lipinski definition) is 1. The molecule has 2 heteroatoms. The maximum absolute atomic E-state index is 3.73. The zero-order chi connectivity index (χ0) is 15.4. The second-order valence-electron chi connectivity index (χ2n) is 9.12. The first-order valence-electron chi connectivity index (χ1n) is 8.45. The fraction of sp³-hybridized carbons (Fsp3) is 1.00. The molecule has 0 unspecified atom stereocenters. The molecule has 120 valence electrons. The molecule has 0 aromatic heterocycles. The van der Waals surface area contributed by atoms with Crippen LogP contribution in [-0.4, -0.2) is 38.6 Å². The molecule has 1 saturated carbocycles. The van der Waals surface area contributed by atoms with Gasteiger partial charge in [0, 0.05) is 13.1 Å². The third-order valence-corrected chi connectivity index (χ3v) is 4.85. The molecule has 1 rings (SSSR count). The Balaban J connectivity index is 2.22. The first kappa shape index (κ1) is 18.0. The number of rotatable bonds is 6. The van der Waals surface area contributed by atoms with Crippen molar-refractivity contribution in [1.82, 2.24) is 10.2 Å². The zero-order valence-corrected chi connectivity index (χ0v) is 15.1. The Morgan fingerprint density at radius 2 is 1.50 bits per heavy atom. The molecule has 0 amide bonds. The van der Waals surface area contributed by atoms with Crippen LogP contribution in [0.1, 0.15) is 60.3 Å². The largest absolute Gasteiger partial charge is 0.316 e. The van der Waals surface area contributed by atoms with Gasteiger partial charge in [0.2, 0.25) is 0 Å². The molecule has 2 nitrogen and oxygen atoms in total. The van der Waals surface area contributed by atoms with Crippen molar-refractivity contribution in [3.8, 4) is 0 Å². The van der Waals surface area contributed by atoms with Gasteiger partial charge in [-0.15, -0.1) is 0 Å². The normalized spacial score (nSPS) is 25.2. The second kappa shape index (κ2) is 7.26. The molecule has 0 heterocycles. The Morgan fingerprint density at radius 1 is 0.950 bits per heavy atom. The monoisotopic (exact) mass is 282 g/mol. The SMILES string of the molecule is CN(C)CC(C)(C)CNCC1CCC(C(C)(C)C)CC1. The Bertz CT molecular complexity index is 268. The highest BCUT2D eigenvalue weighted by Gasteiger charge is 2.29. The quantitative estimate of drug-likeness (QED) is 0.791.